The van der Waals surface area contributed by atoms with Crippen molar-refractivity contribution in [2.24, 2.45) is 0 Å². The van der Waals surface area contributed by atoms with Crippen LogP contribution in [0.15, 0.2) is 36.4 Å². The Bertz CT molecular complexity index is 627. The third-order valence-corrected chi connectivity index (χ3v) is 2.68. The fourth-order valence-electron chi connectivity index (χ4n) is 1.81. The molecule has 2 N–H and O–H groups in total. The lowest BCUT2D eigenvalue weighted by Gasteiger charge is -2.09. The maximum atomic E-state index is 5.83. The molecule has 0 saturated carbocycles. The highest BCUT2D eigenvalue weighted by molar-refractivity contribution is 5.57. The van der Waals surface area contributed by atoms with Gasteiger partial charge in [0.05, 0.1) is 0 Å². The maximum absolute atomic E-state index is 5.83. The van der Waals surface area contributed by atoms with Crippen molar-refractivity contribution >= 4 is 11.9 Å². The molecule has 0 radical (unpaired) electrons. The summed E-state index contributed by atoms with van der Waals surface area (Å²) < 4.78 is 11.1. The highest BCUT2D eigenvalue weighted by atomic mass is 16.5. The molecular weight excluding hydrogens is 266 g/mol. The first-order chi connectivity index (χ1) is 10.2. The zero-order valence-corrected chi connectivity index (χ0v) is 12.2. The third-order valence-electron chi connectivity index (χ3n) is 2.68. The molecule has 0 unspecified atom stereocenters. The van der Waals surface area contributed by atoms with E-state index in [-0.39, 0.29) is 0 Å². The van der Waals surface area contributed by atoms with Gasteiger partial charge in [-0.05, 0) is 19.9 Å². The molecule has 0 aliphatic carbocycles. The van der Waals surface area contributed by atoms with Gasteiger partial charge in [0.2, 0.25) is 5.88 Å². The van der Waals surface area contributed by atoms with Crippen molar-refractivity contribution < 1.29 is 9.47 Å². The fourth-order valence-corrected chi connectivity index (χ4v) is 1.81. The van der Waals surface area contributed by atoms with Crippen LogP contribution in [-0.2, 0) is 11.3 Å². The van der Waals surface area contributed by atoms with Crippen molar-refractivity contribution in [1.82, 2.24) is 9.97 Å². The Morgan fingerprint density at radius 2 is 2.05 bits per heavy atom. The van der Waals surface area contributed by atoms with E-state index in [1.807, 2.05) is 50.3 Å². The SMILES string of the molecule is C/C=C/c1ccccc1Oc1cc(N)nc(COCC)n1. The smallest absolute Gasteiger partial charge is 0.224 e. The largest absolute Gasteiger partial charge is 0.438 e. The van der Waals surface area contributed by atoms with Crippen LogP contribution in [0.2, 0.25) is 0 Å². The van der Waals surface area contributed by atoms with E-state index in [0.29, 0.717) is 30.7 Å². The lowest BCUT2D eigenvalue weighted by atomic mass is 10.2. The summed E-state index contributed by atoms with van der Waals surface area (Å²) in [6, 6.07) is 9.32. The molecule has 0 atom stereocenters. The van der Waals surface area contributed by atoms with E-state index in [1.54, 1.807) is 6.07 Å². The second kappa shape index (κ2) is 7.40. The van der Waals surface area contributed by atoms with Gasteiger partial charge in [-0.1, -0.05) is 30.4 Å². The molecule has 2 aromatic rings. The topological polar surface area (TPSA) is 70.3 Å². The van der Waals surface area contributed by atoms with Crippen LogP contribution in [0.1, 0.15) is 25.2 Å². The Labute approximate surface area is 124 Å². The number of nitrogens with zero attached hydrogens (tertiary/aromatic N) is 2. The van der Waals surface area contributed by atoms with Gasteiger partial charge in [-0.3, -0.25) is 0 Å². The Hall–Kier alpha value is -2.40. The summed E-state index contributed by atoms with van der Waals surface area (Å²) in [6.07, 6.45) is 3.93. The first-order valence-electron chi connectivity index (χ1n) is 6.83. The van der Waals surface area contributed by atoms with Crippen LogP contribution in [-0.4, -0.2) is 16.6 Å². The van der Waals surface area contributed by atoms with Crippen LogP contribution in [0.25, 0.3) is 6.08 Å². The molecule has 1 aromatic carbocycles. The summed E-state index contributed by atoms with van der Waals surface area (Å²) >= 11 is 0. The quantitative estimate of drug-likeness (QED) is 0.880. The monoisotopic (exact) mass is 285 g/mol. The predicted molar refractivity (Wildman–Crippen MR) is 83.0 cm³/mol. The minimum absolute atomic E-state index is 0.314. The summed E-state index contributed by atoms with van der Waals surface area (Å²) in [4.78, 5) is 8.42. The number of allylic oxidation sites excluding steroid dienone is 1. The molecule has 2 rings (SSSR count). The molecule has 0 fully saturated rings. The molecule has 21 heavy (non-hydrogen) atoms. The van der Waals surface area contributed by atoms with Gasteiger partial charge >= 0.3 is 0 Å². The van der Waals surface area contributed by atoms with Gasteiger partial charge in [0, 0.05) is 18.2 Å². The van der Waals surface area contributed by atoms with E-state index >= 15 is 0 Å². The molecule has 110 valence electrons. The number of benzene rings is 1. The van der Waals surface area contributed by atoms with Crippen molar-refractivity contribution in [3.8, 4) is 11.6 Å². The van der Waals surface area contributed by atoms with Crippen molar-refractivity contribution in [2.45, 2.75) is 20.5 Å². The zero-order valence-electron chi connectivity index (χ0n) is 12.2. The van der Waals surface area contributed by atoms with Gasteiger partial charge in [-0.2, -0.15) is 4.98 Å². The van der Waals surface area contributed by atoms with E-state index in [0.717, 1.165) is 11.3 Å². The molecule has 0 spiro atoms. The average Bonchev–Trinajstić information content (AvgIpc) is 2.47. The lowest BCUT2D eigenvalue weighted by molar-refractivity contribution is 0.128. The molecule has 0 aliphatic rings. The van der Waals surface area contributed by atoms with E-state index in [1.165, 1.54) is 0 Å². The van der Waals surface area contributed by atoms with Crippen molar-refractivity contribution in [3.63, 3.8) is 0 Å². The molecule has 5 heteroatoms. The summed E-state index contributed by atoms with van der Waals surface area (Å²) in [5.41, 5.74) is 6.76. The summed E-state index contributed by atoms with van der Waals surface area (Å²) in [5.74, 6) is 2.00. The van der Waals surface area contributed by atoms with E-state index in [2.05, 4.69) is 9.97 Å². The van der Waals surface area contributed by atoms with Gasteiger partial charge in [0.1, 0.15) is 18.2 Å². The van der Waals surface area contributed by atoms with Crippen molar-refractivity contribution in [1.29, 1.82) is 0 Å². The number of para-hydroxylation sites is 1. The predicted octanol–water partition coefficient (Wildman–Crippen LogP) is 3.42. The van der Waals surface area contributed by atoms with Gasteiger partial charge in [0.15, 0.2) is 5.82 Å². The molecule has 0 bridgehead atoms. The van der Waals surface area contributed by atoms with Crippen LogP contribution in [0.3, 0.4) is 0 Å². The van der Waals surface area contributed by atoms with Crippen molar-refractivity contribution in [3.05, 3.63) is 47.8 Å². The van der Waals surface area contributed by atoms with Crippen LogP contribution < -0.4 is 10.5 Å². The van der Waals surface area contributed by atoms with E-state index < -0.39 is 0 Å². The van der Waals surface area contributed by atoms with Crippen molar-refractivity contribution in [2.75, 3.05) is 12.3 Å². The van der Waals surface area contributed by atoms with E-state index in [9.17, 15) is 0 Å². The van der Waals surface area contributed by atoms with E-state index in [4.69, 9.17) is 15.2 Å². The van der Waals surface area contributed by atoms with Gasteiger partial charge in [0.25, 0.3) is 0 Å². The Kier molecular flexibility index (Phi) is 5.29. The first kappa shape index (κ1) is 15.0. The maximum Gasteiger partial charge on any atom is 0.224 e. The van der Waals surface area contributed by atoms with Gasteiger partial charge in [-0.15, -0.1) is 0 Å². The number of aromatic nitrogens is 2. The molecule has 0 aliphatic heterocycles. The number of ether oxygens (including phenoxy) is 2. The number of hydrogen-bond acceptors (Lipinski definition) is 5. The molecule has 5 nitrogen and oxygen atoms in total. The number of nitrogens with two attached hydrogens (primary N) is 1. The molecule has 0 saturated heterocycles. The highest BCUT2D eigenvalue weighted by Gasteiger charge is 2.07. The number of hydrogen-bond donors (Lipinski definition) is 1. The second-order valence-corrected chi connectivity index (χ2v) is 4.32. The Morgan fingerprint density at radius 3 is 2.81 bits per heavy atom. The molecule has 0 amide bonds. The van der Waals surface area contributed by atoms with Gasteiger partial charge in [-0.25, -0.2) is 4.98 Å². The van der Waals surface area contributed by atoms with Gasteiger partial charge < -0.3 is 15.2 Å². The number of rotatable bonds is 6. The van der Waals surface area contributed by atoms with Crippen LogP contribution >= 0.6 is 0 Å². The summed E-state index contributed by atoms with van der Waals surface area (Å²) in [6.45, 7) is 4.78. The molecule has 1 aromatic heterocycles. The second-order valence-electron chi connectivity index (χ2n) is 4.32. The van der Waals surface area contributed by atoms with Crippen LogP contribution in [0.4, 0.5) is 5.82 Å². The zero-order chi connectivity index (χ0) is 15.1. The number of nitrogen functional groups attached to an aromatic ring is 1. The minimum Gasteiger partial charge on any atom is -0.438 e. The Balaban J connectivity index is 2.25. The normalized spacial score (nSPS) is 11.0. The Morgan fingerprint density at radius 1 is 1.24 bits per heavy atom. The average molecular weight is 285 g/mol. The first-order valence-corrected chi connectivity index (χ1v) is 6.83. The fraction of sp³-hybridized carbons (Fsp3) is 0.250. The lowest BCUT2D eigenvalue weighted by Crippen LogP contribution is -2.04. The third kappa shape index (κ3) is 4.29. The standard InChI is InChI=1S/C16H19N3O2/c1-3-7-12-8-5-6-9-13(12)21-16-10-14(17)18-15(19-16)11-20-4-2/h3,5-10H,4,11H2,1-2H3,(H2,17,18,19)/b7-3+. The summed E-state index contributed by atoms with van der Waals surface area (Å²) in [5, 5.41) is 0. The highest BCUT2D eigenvalue weighted by Crippen LogP contribution is 2.25. The van der Waals surface area contributed by atoms with Crippen LogP contribution in [0, 0.1) is 0 Å². The summed E-state index contributed by atoms with van der Waals surface area (Å²) in [7, 11) is 0. The molecular formula is C16H19N3O2. The minimum atomic E-state index is 0.314. The number of anilines is 1. The van der Waals surface area contributed by atoms with Crippen LogP contribution in [0.5, 0.6) is 11.6 Å². The molecule has 1 heterocycles.